The summed E-state index contributed by atoms with van der Waals surface area (Å²) in [6.45, 7) is 1.85. The maximum Gasteiger partial charge on any atom is 0.435 e. The second-order valence-corrected chi connectivity index (χ2v) is 7.27. The van der Waals surface area contributed by atoms with Crippen LogP contribution in [-0.4, -0.2) is 61.4 Å². The van der Waals surface area contributed by atoms with Crippen molar-refractivity contribution >= 4 is 35.6 Å². The Morgan fingerprint density at radius 3 is 2.06 bits per heavy atom. The van der Waals surface area contributed by atoms with Crippen LogP contribution in [-0.2, 0) is 19.1 Å². The average Bonchev–Trinajstić information content (AvgIpc) is 2.85. The molecule has 2 aromatic carbocycles. The first-order valence-electron chi connectivity index (χ1n) is 10.6. The van der Waals surface area contributed by atoms with Gasteiger partial charge >= 0.3 is 12.1 Å². The van der Waals surface area contributed by atoms with Crippen molar-refractivity contribution in [2.75, 3.05) is 19.8 Å². The van der Waals surface area contributed by atoms with Gasteiger partial charge in [0.2, 0.25) is 0 Å². The molecule has 0 aliphatic rings. The molecule has 12 nitrogen and oxygen atoms in total. The van der Waals surface area contributed by atoms with Crippen molar-refractivity contribution < 1.29 is 43.3 Å². The Labute approximate surface area is 206 Å². The number of nitrogens with zero attached hydrogens (tertiary/aromatic N) is 1. The lowest BCUT2D eigenvalue weighted by Gasteiger charge is -2.14. The predicted molar refractivity (Wildman–Crippen MR) is 123 cm³/mol. The Balaban J connectivity index is 1.91. The number of hydrogen-bond donors (Lipinski definition) is 2. The number of aliphatic carboxylic acids is 1. The maximum atomic E-state index is 12.6. The number of nitrogens with two attached hydrogens (primary N) is 1. The van der Waals surface area contributed by atoms with Gasteiger partial charge in [-0.2, -0.15) is 4.99 Å². The number of nitrogens with one attached hydrogen (secondary N) is 1. The van der Waals surface area contributed by atoms with E-state index >= 15 is 0 Å². The van der Waals surface area contributed by atoms with Gasteiger partial charge in [-0.25, -0.2) is 4.79 Å². The summed E-state index contributed by atoms with van der Waals surface area (Å²) in [4.78, 5) is 61.5. The van der Waals surface area contributed by atoms with Crippen molar-refractivity contribution in [2.45, 2.75) is 19.9 Å². The highest BCUT2D eigenvalue weighted by Crippen LogP contribution is 2.14. The molecule has 36 heavy (non-hydrogen) atoms. The number of ether oxygens (including phenoxy) is 3. The van der Waals surface area contributed by atoms with Gasteiger partial charge in [-0.3, -0.25) is 14.4 Å². The van der Waals surface area contributed by atoms with Crippen LogP contribution in [0.25, 0.3) is 0 Å². The summed E-state index contributed by atoms with van der Waals surface area (Å²) >= 11 is 0. The highest BCUT2D eigenvalue weighted by molar-refractivity contribution is 6.05. The molecule has 0 aliphatic heterocycles. The average molecular weight is 498 g/mol. The molecule has 0 aromatic heterocycles. The quantitative estimate of drug-likeness (QED) is 0.143. The number of carbonyl (C=O) groups excluding carboxylic acids is 5. The number of amidine groups is 1. The Morgan fingerprint density at radius 2 is 1.47 bits per heavy atom. The van der Waals surface area contributed by atoms with Gasteiger partial charge in [0.25, 0.3) is 5.91 Å². The minimum atomic E-state index is -1.37. The SMILES string of the molecule is CC(=O)OCCOC(=O)/N=C(\N)c1ccc(C(=O)NC(C)C(=O)c2ccc(OCC(=O)[O-])cc2)cc1. The number of aliphatic imine (C=N–C) groups is 1. The lowest BCUT2D eigenvalue weighted by atomic mass is 10.0. The van der Waals surface area contributed by atoms with Gasteiger partial charge in [-0.15, -0.1) is 0 Å². The van der Waals surface area contributed by atoms with Crippen LogP contribution in [0.15, 0.2) is 53.5 Å². The monoisotopic (exact) mass is 498 g/mol. The molecule has 0 aliphatic carbocycles. The molecule has 190 valence electrons. The largest absolute Gasteiger partial charge is 0.546 e. The van der Waals surface area contributed by atoms with Crippen molar-refractivity contribution in [2.24, 2.45) is 10.7 Å². The number of esters is 1. The number of Topliss-reactive ketones (excluding diaryl/α,β-unsaturated/α-hetero) is 1. The lowest BCUT2D eigenvalue weighted by molar-refractivity contribution is -0.307. The Hall–Kier alpha value is -4.74. The lowest BCUT2D eigenvalue weighted by Crippen LogP contribution is -2.38. The molecule has 1 unspecified atom stereocenters. The van der Waals surface area contributed by atoms with E-state index in [0.717, 1.165) is 0 Å². The zero-order valence-electron chi connectivity index (χ0n) is 19.5. The molecule has 0 heterocycles. The fourth-order valence-corrected chi connectivity index (χ4v) is 2.76. The first kappa shape index (κ1) is 27.5. The second kappa shape index (κ2) is 13.2. The number of rotatable bonds is 11. The molecule has 2 aromatic rings. The third kappa shape index (κ3) is 8.89. The van der Waals surface area contributed by atoms with E-state index in [1.54, 1.807) is 0 Å². The number of carbonyl (C=O) groups is 5. The van der Waals surface area contributed by atoms with Gasteiger partial charge in [-0.1, -0.05) is 12.1 Å². The molecule has 3 N–H and O–H groups in total. The topological polar surface area (TPSA) is 187 Å². The molecule has 0 saturated carbocycles. The first-order chi connectivity index (χ1) is 17.1. The zero-order chi connectivity index (χ0) is 26.7. The Kier molecular flexibility index (Phi) is 10.1. The number of amides is 2. The number of carboxylic acid groups (broad SMARTS) is 1. The minimum Gasteiger partial charge on any atom is -0.546 e. The molecule has 1 atom stereocenters. The van der Waals surface area contributed by atoms with E-state index in [1.165, 1.54) is 62.4 Å². The summed E-state index contributed by atoms with van der Waals surface area (Å²) in [5.74, 6) is -2.65. The molecule has 0 bridgehead atoms. The minimum absolute atomic E-state index is 0.105. The highest BCUT2D eigenvalue weighted by Gasteiger charge is 2.18. The summed E-state index contributed by atoms with van der Waals surface area (Å²) < 4.78 is 14.4. The summed E-state index contributed by atoms with van der Waals surface area (Å²) in [5, 5.41) is 13.0. The van der Waals surface area contributed by atoms with Crippen LogP contribution in [0.4, 0.5) is 4.79 Å². The third-order valence-corrected chi connectivity index (χ3v) is 4.51. The summed E-state index contributed by atoms with van der Waals surface area (Å²) in [6, 6.07) is 10.7. The molecule has 12 heteroatoms. The number of carboxylic acids is 1. The molecule has 2 rings (SSSR count). The number of benzene rings is 2. The smallest absolute Gasteiger partial charge is 0.435 e. The fraction of sp³-hybridized carbons (Fsp3) is 0.250. The molecule has 0 radical (unpaired) electrons. The normalized spacial score (nSPS) is 11.7. The molecular formula is C24H24N3O9-. The summed E-state index contributed by atoms with van der Waals surface area (Å²) in [7, 11) is 0. The van der Waals surface area contributed by atoms with Gasteiger partial charge in [0.15, 0.2) is 5.78 Å². The Bertz CT molecular complexity index is 1140. The van der Waals surface area contributed by atoms with Crippen LogP contribution in [0.1, 0.15) is 40.1 Å². The first-order valence-corrected chi connectivity index (χ1v) is 10.6. The molecule has 2 amide bonds. The van der Waals surface area contributed by atoms with Crippen LogP contribution < -0.4 is 20.9 Å². The maximum absolute atomic E-state index is 12.6. The van der Waals surface area contributed by atoms with Crippen LogP contribution in [0.2, 0.25) is 0 Å². The van der Waals surface area contributed by atoms with Crippen molar-refractivity contribution in [1.29, 1.82) is 0 Å². The van der Waals surface area contributed by atoms with E-state index in [0.29, 0.717) is 11.1 Å². The van der Waals surface area contributed by atoms with Crippen molar-refractivity contribution in [1.82, 2.24) is 5.32 Å². The highest BCUT2D eigenvalue weighted by atomic mass is 16.6. The van der Waals surface area contributed by atoms with Crippen LogP contribution in [0, 0.1) is 0 Å². The van der Waals surface area contributed by atoms with E-state index in [2.05, 4.69) is 15.0 Å². The number of hydrogen-bond acceptors (Lipinski definition) is 9. The van der Waals surface area contributed by atoms with Crippen LogP contribution in [0.3, 0.4) is 0 Å². The van der Waals surface area contributed by atoms with E-state index in [-0.39, 0.29) is 36.1 Å². The van der Waals surface area contributed by atoms with Gasteiger partial charge in [-0.05, 0) is 43.3 Å². The van der Waals surface area contributed by atoms with Crippen molar-refractivity contribution in [3.63, 3.8) is 0 Å². The zero-order valence-corrected chi connectivity index (χ0v) is 19.5. The summed E-state index contributed by atoms with van der Waals surface area (Å²) in [6.07, 6.45) is -0.965. The van der Waals surface area contributed by atoms with Gasteiger partial charge in [0, 0.05) is 23.6 Å². The Morgan fingerprint density at radius 1 is 0.917 bits per heavy atom. The van der Waals surface area contributed by atoms with E-state index in [4.69, 9.17) is 15.2 Å². The van der Waals surface area contributed by atoms with Crippen molar-refractivity contribution in [3.8, 4) is 5.75 Å². The molecule has 0 saturated heterocycles. The van der Waals surface area contributed by atoms with E-state index in [1.807, 2.05) is 0 Å². The van der Waals surface area contributed by atoms with Gasteiger partial charge in [0.05, 0.1) is 12.0 Å². The molecular weight excluding hydrogens is 474 g/mol. The van der Waals surface area contributed by atoms with Crippen LogP contribution in [0.5, 0.6) is 5.75 Å². The molecule has 0 fully saturated rings. The van der Waals surface area contributed by atoms with E-state index in [9.17, 15) is 29.1 Å². The third-order valence-electron chi connectivity index (χ3n) is 4.51. The standard InChI is InChI=1S/C24H25N3O9/c1-14(21(31)16-7-9-19(10-8-16)36-13-20(29)30)26-23(32)18-5-3-17(4-6-18)22(25)27-24(33)35-12-11-34-15(2)28/h3-10,14H,11-13H2,1-2H3,(H,26,32)(H,29,30)(H2,25,27,33)/p-1. The van der Waals surface area contributed by atoms with E-state index < -0.39 is 36.6 Å². The summed E-state index contributed by atoms with van der Waals surface area (Å²) in [5.41, 5.74) is 6.67. The number of ketones is 1. The van der Waals surface area contributed by atoms with Crippen LogP contribution >= 0.6 is 0 Å². The second-order valence-electron chi connectivity index (χ2n) is 7.27. The van der Waals surface area contributed by atoms with Gasteiger partial charge < -0.3 is 35.2 Å². The predicted octanol–water partition coefficient (Wildman–Crippen LogP) is 0.222. The fourth-order valence-electron chi connectivity index (χ4n) is 2.76. The molecule has 0 spiro atoms. The van der Waals surface area contributed by atoms with Gasteiger partial charge in [0.1, 0.15) is 31.4 Å². The van der Waals surface area contributed by atoms with Crippen molar-refractivity contribution in [3.05, 3.63) is 65.2 Å².